The fourth-order valence-electron chi connectivity index (χ4n) is 4.22. The van der Waals surface area contributed by atoms with E-state index in [9.17, 15) is 0 Å². The third-order valence-electron chi connectivity index (χ3n) is 5.71. The largest absolute Gasteiger partial charge is 0.0877 e. The van der Waals surface area contributed by atoms with Gasteiger partial charge in [-0.05, 0) is 30.4 Å². The van der Waals surface area contributed by atoms with E-state index in [4.69, 9.17) is 0 Å². The van der Waals surface area contributed by atoms with Crippen LogP contribution in [-0.2, 0) is 0 Å². The van der Waals surface area contributed by atoms with Crippen molar-refractivity contribution >= 4 is 37.6 Å². The van der Waals surface area contributed by atoms with Crippen LogP contribution in [0.5, 0.6) is 0 Å². The summed E-state index contributed by atoms with van der Waals surface area (Å²) < 4.78 is 0. The highest BCUT2D eigenvalue weighted by Gasteiger charge is 2.09. The van der Waals surface area contributed by atoms with Crippen molar-refractivity contribution in [2.45, 2.75) is 0 Å². The molecule has 0 nitrogen and oxygen atoms in total. The second kappa shape index (κ2) is 9.77. The van der Waals surface area contributed by atoms with E-state index >= 15 is 0 Å². The molecule has 0 radical (unpaired) electrons. The lowest BCUT2D eigenvalue weighted by Gasteiger charge is -2.09. The van der Waals surface area contributed by atoms with E-state index < -0.39 is 16.8 Å². The first-order valence-corrected chi connectivity index (χ1v) is 14.0. The molecule has 0 amide bonds. The van der Waals surface area contributed by atoms with Gasteiger partial charge in [-0.2, -0.15) is 0 Å². The Balaban J connectivity index is 1.77. The molecule has 0 spiro atoms. The minimum absolute atomic E-state index is 1.04. The molecule has 0 aliphatic heterocycles. The SMILES string of the molecule is c1ccc([Si](c2ccccc2)=c2ccc(=[Si](c3ccccc3)c3ccccc3)cc2)cc1. The highest BCUT2D eigenvalue weighted by molar-refractivity contribution is 6.79. The van der Waals surface area contributed by atoms with Gasteiger partial charge in [0.1, 0.15) is 0 Å². The summed E-state index contributed by atoms with van der Waals surface area (Å²) in [5.74, 6) is 0. The van der Waals surface area contributed by atoms with Crippen LogP contribution in [0.4, 0.5) is 0 Å². The Hall–Kier alpha value is -3.47. The molecule has 32 heavy (non-hydrogen) atoms. The predicted molar refractivity (Wildman–Crippen MR) is 140 cm³/mol. The summed E-state index contributed by atoms with van der Waals surface area (Å²) in [7, 11) is -2.07. The summed E-state index contributed by atoms with van der Waals surface area (Å²) in [5, 5.41) is 5.70. The Morgan fingerprint density at radius 1 is 0.250 bits per heavy atom. The Kier molecular flexibility index (Phi) is 6.24. The van der Waals surface area contributed by atoms with Gasteiger partial charge in [0.2, 0.25) is 0 Å². The summed E-state index contributed by atoms with van der Waals surface area (Å²) in [4.78, 5) is 2.86. The average Bonchev–Trinajstić information content (AvgIpc) is 2.88. The van der Waals surface area contributed by atoms with E-state index in [1.54, 1.807) is 0 Å². The molecule has 0 aliphatic rings. The van der Waals surface area contributed by atoms with E-state index in [0.717, 1.165) is 0 Å². The predicted octanol–water partition coefficient (Wildman–Crippen LogP) is 3.97. The van der Waals surface area contributed by atoms with Crippen molar-refractivity contribution in [3.05, 3.63) is 155 Å². The van der Waals surface area contributed by atoms with Crippen molar-refractivity contribution in [1.29, 1.82) is 0 Å². The fourth-order valence-corrected chi connectivity index (χ4v) is 9.33. The first kappa shape index (κ1) is 20.4. The molecule has 0 aromatic heterocycles. The first-order valence-electron chi connectivity index (χ1n) is 11.0. The molecule has 0 atom stereocenters. The van der Waals surface area contributed by atoms with Crippen molar-refractivity contribution in [2.24, 2.45) is 0 Å². The van der Waals surface area contributed by atoms with E-state index in [1.807, 2.05) is 0 Å². The molecule has 5 aromatic carbocycles. The Bertz CT molecular complexity index is 1210. The van der Waals surface area contributed by atoms with Crippen LogP contribution < -0.4 is 20.7 Å². The highest BCUT2D eigenvalue weighted by Crippen LogP contribution is 1.99. The highest BCUT2D eigenvalue weighted by atomic mass is 28.2. The molecule has 0 aliphatic carbocycles. The van der Waals surface area contributed by atoms with Gasteiger partial charge in [-0.3, -0.25) is 0 Å². The van der Waals surface area contributed by atoms with Crippen LogP contribution in [0.2, 0.25) is 0 Å². The van der Waals surface area contributed by atoms with Crippen molar-refractivity contribution in [3.8, 4) is 0 Å². The maximum Gasteiger partial charge on any atom is 0.0877 e. The van der Waals surface area contributed by atoms with Gasteiger partial charge in [-0.25, -0.2) is 0 Å². The number of hydrogen-bond donors (Lipinski definition) is 0. The minimum Gasteiger partial charge on any atom is -0.0623 e. The lowest BCUT2D eigenvalue weighted by atomic mass is 10.3. The third kappa shape index (κ3) is 4.42. The Morgan fingerprint density at radius 3 is 0.688 bits per heavy atom. The maximum atomic E-state index is 2.38. The molecule has 0 saturated carbocycles. The van der Waals surface area contributed by atoms with Gasteiger partial charge in [0, 0.05) is 0 Å². The van der Waals surface area contributed by atoms with Crippen LogP contribution in [0, 0.1) is 9.63 Å². The minimum atomic E-state index is -1.04. The fraction of sp³-hybridized carbons (Fsp3) is 0. The molecule has 0 heterocycles. The summed E-state index contributed by atoms with van der Waals surface area (Å²) in [6.07, 6.45) is 0. The monoisotopic (exact) mass is 440 g/mol. The zero-order valence-corrected chi connectivity index (χ0v) is 19.9. The van der Waals surface area contributed by atoms with Crippen molar-refractivity contribution in [2.75, 3.05) is 0 Å². The van der Waals surface area contributed by atoms with Crippen LogP contribution in [-0.4, -0.2) is 16.8 Å². The molecule has 0 N–H and O–H groups in total. The first-order chi connectivity index (χ1) is 15.9. The zero-order valence-electron chi connectivity index (χ0n) is 17.9. The molecular formula is C30H24Si2. The van der Waals surface area contributed by atoms with Gasteiger partial charge in [0.25, 0.3) is 0 Å². The number of hydrogen-bond acceptors (Lipinski definition) is 0. The van der Waals surface area contributed by atoms with Gasteiger partial charge in [0.05, 0.1) is 16.8 Å². The maximum absolute atomic E-state index is 2.38. The van der Waals surface area contributed by atoms with Gasteiger partial charge in [-0.1, -0.05) is 146 Å². The van der Waals surface area contributed by atoms with Crippen molar-refractivity contribution < 1.29 is 0 Å². The van der Waals surface area contributed by atoms with Crippen LogP contribution in [0.15, 0.2) is 146 Å². The van der Waals surface area contributed by atoms with Gasteiger partial charge < -0.3 is 0 Å². The second-order valence-electron chi connectivity index (χ2n) is 7.79. The second-order valence-corrected chi connectivity index (χ2v) is 12.8. The van der Waals surface area contributed by atoms with E-state index in [1.165, 1.54) is 30.4 Å². The van der Waals surface area contributed by atoms with E-state index in [0.29, 0.717) is 0 Å². The van der Waals surface area contributed by atoms with E-state index in [2.05, 4.69) is 146 Å². The lowest BCUT2D eigenvalue weighted by molar-refractivity contribution is 1.61. The Morgan fingerprint density at radius 2 is 0.469 bits per heavy atom. The molecule has 0 unspecified atom stereocenters. The summed E-state index contributed by atoms with van der Waals surface area (Å²) in [5.41, 5.74) is 0. The smallest absolute Gasteiger partial charge is 0.0623 e. The molecule has 0 saturated heterocycles. The van der Waals surface area contributed by atoms with Crippen LogP contribution in [0.25, 0.3) is 0 Å². The average molecular weight is 441 g/mol. The van der Waals surface area contributed by atoms with E-state index in [-0.39, 0.29) is 0 Å². The molecular weight excluding hydrogens is 417 g/mol. The topological polar surface area (TPSA) is 0 Å². The van der Waals surface area contributed by atoms with Crippen molar-refractivity contribution in [3.63, 3.8) is 0 Å². The van der Waals surface area contributed by atoms with Crippen LogP contribution >= 0.6 is 0 Å². The summed E-state index contributed by atoms with van der Waals surface area (Å²) in [6, 6.07) is 53.4. The number of rotatable bonds is 4. The molecule has 152 valence electrons. The normalized spacial score (nSPS) is 10.5. The standard InChI is InChI=1S/C30H24Si2/c1-5-13-25(14-6-1)31(26-15-7-2-8-16-26)29-21-23-30(24-22-29)32(27-17-9-3-10-18-27)28-19-11-4-12-20-28/h1-24H. The summed E-state index contributed by atoms with van der Waals surface area (Å²) in [6.45, 7) is 0. The molecule has 5 aromatic rings. The van der Waals surface area contributed by atoms with Crippen molar-refractivity contribution in [1.82, 2.24) is 0 Å². The zero-order chi connectivity index (χ0) is 21.6. The quantitative estimate of drug-likeness (QED) is 0.371. The molecule has 0 bridgehead atoms. The Labute approximate surface area is 192 Å². The third-order valence-corrected chi connectivity index (χ3v) is 11.2. The van der Waals surface area contributed by atoms with Gasteiger partial charge >= 0.3 is 0 Å². The van der Waals surface area contributed by atoms with Gasteiger partial charge in [-0.15, -0.1) is 0 Å². The number of benzene rings is 5. The summed E-state index contributed by atoms with van der Waals surface area (Å²) >= 11 is 0. The lowest BCUT2D eigenvalue weighted by Crippen LogP contribution is -2.35. The van der Waals surface area contributed by atoms with Crippen LogP contribution in [0.3, 0.4) is 0 Å². The molecule has 5 rings (SSSR count). The molecule has 0 fully saturated rings. The molecule has 2 heteroatoms. The van der Waals surface area contributed by atoms with Crippen LogP contribution in [0.1, 0.15) is 0 Å². The van der Waals surface area contributed by atoms with Gasteiger partial charge in [0.15, 0.2) is 0 Å².